The van der Waals surface area contributed by atoms with Gasteiger partial charge in [0.15, 0.2) is 0 Å². The summed E-state index contributed by atoms with van der Waals surface area (Å²) in [6, 6.07) is 0. The number of thiophene rings is 1. The van der Waals surface area contributed by atoms with Gasteiger partial charge in [-0.25, -0.2) is 9.78 Å². The highest BCUT2D eigenvalue weighted by atomic mass is 32.1. The van der Waals surface area contributed by atoms with Gasteiger partial charge in [-0.2, -0.15) is 0 Å². The van der Waals surface area contributed by atoms with E-state index in [1.807, 2.05) is 20.8 Å². The molecule has 23 heavy (non-hydrogen) atoms. The van der Waals surface area contributed by atoms with Crippen LogP contribution < -0.4 is 10.9 Å². The van der Waals surface area contributed by atoms with Crippen molar-refractivity contribution in [3.63, 3.8) is 0 Å². The van der Waals surface area contributed by atoms with Crippen LogP contribution in [-0.4, -0.2) is 33.1 Å². The van der Waals surface area contributed by atoms with Crippen molar-refractivity contribution in [2.75, 3.05) is 6.54 Å². The van der Waals surface area contributed by atoms with Crippen molar-refractivity contribution in [3.05, 3.63) is 27.1 Å². The zero-order valence-electron chi connectivity index (χ0n) is 13.3. The lowest BCUT2D eigenvalue weighted by atomic mass is 10.2. The lowest BCUT2D eigenvalue weighted by molar-refractivity contribution is -0.121. The van der Waals surface area contributed by atoms with Crippen LogP contribution in [0, 0.1) is 5.92 Å². The molecule has 2 aromatic heterocycles. The molecule has 2 aromatic rings. The maximum absolute atomic E-state index is 12.7. The molecular formula is C15H19N3O4S. The van der Waals surface area contributed by atoms with E-state index < -0.39 is 11.5 Å². The summed E-state index contributed by atoms with van der Waals surface area (Å²) in [4.78, 5) is 40.7. The molecule has 124 valence electrons. The molecule has 0 fully saturated rings. The van der Waals surface area contributed by atoms with Gasteiger partial charge in [0, 0.05) is 18.3 Å². The average molecular weight is 337 g/mol. The van der Waals surface area contributed by atoms with Crippen LogP contribution >= 0.6 is 11.3 Å². The molecule has 0 atom stereocenters. The van der Waals surface area contributed by atoms with Crippen molar-refractivity contribution < 1.29 is 14.7 Å². The number of carboxylic acids is 1. The highest BCUT2D eigenvalue weighted by Crippen LogP contribution is 2.21. The number of amides is 1. The molecule has 0 spiro atoms. The Labute approximate surface area is 137 Å². The van der Waals surface area contributed by atoms with E-state index in [-0.39, 0.29) is 23.4 Å². The molecule has 0 aliphatic heterocycles. The number of fused-ring (bicyclic) bond motifs is 1. The molecule has 0 saturated heterocycles. The van der Waals surface area contributed by atoms with Crippen molar-refractivity contribution in [1.82, 2.24) is 14.9 Å². The number of carboxylic acid groups (broad SMARTS) is 1. The topological polar surface area (TPSA) is 101 Å². The van der Waals surface area contributed by atoms with E-state index >= 15 is 0 Å². The van der Waals surface area contributed by atoms with Crippen molar-refractivity contribution >= 4 is 33.4 Å². The smallest absolute Gasteiger partial charge is 0.337 e. The largest absolute Gasteiger partial charge is 0.478 e. The summed E-state index contributed by atoms with van der Waals surface area (Å²) in [5, 5.41) is 13.4. The highest BCUT2D eigenvalue weighted by molar-refractivity contribution is 7.17. The maximum Gasteiger partial charge on any atom is 0.337 e. The van der Waals surface area contributed by atoms with Crippen LogP contribution in [0.25, 0.3) is 10.2 Å². The minimum atomic E-state index is -1.17. The summed E-state index contributed by atoms with van der Waals surface area (Å²) in [6.45, 7) is 6.14. The summed E-state index contributed by atoms with van der Waals surface area (Å²) < 4.78 is 1.26. The van der Waals surface area contributed by atoms with Crippen LogP contribution in [0.5, 0.6) is 0 Å². The number of rotatable bonds is 6. The second kappa shape index (κ2) is 6.91. The molecule has 0 aromatic carbocycles. The molecule has 1 amide bonds. The quantitative estimate of drug-likeness (QED) is 0.831. The number of nitrogens with one attached hydrogen (secondary N) is 1. The van der Waals surface area contributed by atoms with E-state index in [1.165, 1.54) is 9.95 Å². The average Bonchev–Trinajstić information content (AvgIpc) is 2.92. The van der Waals surface area contributed by atoms with E-state index in [0.717, 1.165) is 11.3 Å². The predicted molar refractivity (Wildman–Crippen MR) is 88.1 cm³/mol. The first-order chi connectivity index (χ1) is 10.8. The number of aromatic carboxylic acids is 1. The van der Waals surface area contributed by atoms with Gasteiger partial charge in [-0.3, -0.25) is 14.2 Å². The second-order valence-corrected chi connectivity index (χ2v) is 6.46. The van der Waals surface area contributed by atoms with Gasteiger partial charge in [0.25, 0.3) is 5.56 Å². The van der Waals surface area contributed by atoms with Gasteiger partial charge in [0.1, 0.15) is 17.2 Å². The lowest BCUT2D eigenvalue weighted by Crippen LogP contribution is -2.36. The standard InChI is InChI=1S/C15H19N3O4S/c1-4-10-17-13-12(9(7-23-13)15(21)22)14(20)18(10)6-11(19)16-5-8(2)3/h7-8H,4-6H2,1-3H3,(H,16,19)(H,21,22). The number of aryl methyl sites for hydroxylation is 1. The SMILES string of the molecule is CCc1nc2scc(C(=O)O)c2c(=O)n1CC(=O)NCC(C)C. The number of aromatic nitrogens is 2. The van der Waals surface area contributed by atoms with E-state index in [0.29, 0.717) is 29.5 Å². The summed E-state index contributed by atoms with van der Waals surface area (Å²) in [5.74, 6) is -0.683. The Bertz CT molecular complexity index is 807. The van der Waals surface area contributed by atoms with Crippen LogP contribution in [0.15, 0.2) is 10.2 Å². The fourth-order valence-electron chi connectivity index (χ4n) is 2.17. The zero-order valence-corrected chi connectivity index (χ0v) is 14.1. The van der Waals surface area contributed by atoms with Gasteiger partial charge in [-0.1, -0.05) is 20.8 Å². The van der Waals surface area contributed by atoms with E-state index in [2.05, 4.69) is 10.3 Å². The fourth-order valence-corrected chi connectivity index (χ4v) is 3.10. The van der Waals surface area contributed by atoms with Gasteiger partial charge in [0.05, 0.1) is 10.9 Å². The number of carbonyl (C=O) groups is 2. The third kappa shape index (κ3) is 3.58. The molecule has 0 unspecified atom stereocenters. The third-order valence-corrected chi connectivity index (χ3v) is 4.20. The van der Waals surface area contributed by atoms with E-state index in [9.17, 15) is 19.5 Å². The highest BCUT2D eigenvalue weighted by Gasteiger charge is 2.20. The Morgan fingerprint density at radius 3 is 2.70 bits per heavy atom. The monoisotopic (exact) mass is 337 g/mol. The first-order valence-electron chi connectivity index (χ1n) is 7.36. The van der Waals surface area contributed by atoms with E-state index in [1.54, 1.807) is 0 Å². The first kappa shape index (κ1) is 17.1. The number of hydrogen-bond acceptors (Lipinski definition) is 5. The molecule has 0 radical (unpaired) electrons. The molecule has 8 heteroatoms. The van der Waals surface area contributed by atoms with Crippen LogP contribution in [0.2, 0.25) is 0 Å². The summed E-state index contributed by atoms with van der Waals surface area (Å²) in [7, 11) is 0. The number of carbonyl (C=O) groups excluding carboxylic acids is 1. The molecule has 2 rings (SSSR count). The summed E-state index contributed by atoms with van der Waals surface area (Å²) in [6.07, 6.45) is 0.475. The molecule has 0 bridgehead atoms. The normalized spacial score (nSPS) is 11.1. The van der Waals surface area contributed by atoms with Crippen LogP contribution in [-0.2, 0) is 17.8 Å². The van der Waals surface area contributed by atoms with Crippen molar-refractivity contribution in [1.29, 1.82) is 0 Å². The number of hydrogen-bond donors (Lipinski definition) is 2. The van der Waals surface area contributed by atoms with Crippen molar-refractivity contribution in [3.8, 4) is 0 Å². The van der Waals surface area contributed by atoms with E-state index in [4.69, 9.17) is 0 Å². The maximum atomic E-state index is 12.7. The third-order valence-electron chi connectivity index (χ3n) is 3.33. The molecule has 2 heterocycles. The second-order valence-electron chi connectivity index (χ2n) is 5.61. The first-order valence-corrected chi connectivity index (χ1v) is 8.24. The lowest BCUT2D eigenvalue weighted by Gasteiger charge is -2.12. The molecular weight excluding hydrogens is 318 g/mol. The Morgan fingerprint density at radius 2 is 2.13 bits per heavy atom. The van der Waals surface area contributed by atoms with Gasteiger partial charge in [0.2, 0.25) is 5.91 Å². The van der Waals surface area contributed by atoms with Crippen LogP contribution in [0.3, 0.4) is 0 Å². The van der Waals surface area contributed by atoms with Gasteiger partial charge in [-0.05, 0) is 5.92 Å². The minimum absolute atomic E-state index is 0.0661. The number of nitrogens with zero attached hydrogens (tertiary/aromatic N) is 2. The molecule has 7 nitrogen and oxygen atoms in total. The van der Waals surface area contributed by atoms with Crippen molar-refractivity contribution in [2.24, 2.45) is 5.92 Å². The Balaban J connectivity index is 2.47. The fraction of sp³-hybridized carbons (Fsp3) is 0.467. The summed E-state index contributed by atoms with van der Waals surface area (Å²) >= 11 is 1.12. The van der Waals surface area contributed by atoms with Gasteiger partial charge in [-0.15, -0.1) is 11.3 Å². The molecule has 2 N–H and O–H groups in total. The predicted octanol–water partition coefficient (Wildman–Crippen LogP) is 1.49. The molecule has 0 aliphatic rings. The zero-order chi connectivity index (χ0) is 17.1. The van der Waals surface area contributed by atoms with Crippen LogP contribution in [0.1, 0.15) is 37.0 Å². The van der Waals surface area contributed by atoms with Gasteiger partial charge < -0.3 is 10.4 Å². The van der Waals surface area contributed by atoms with Gasteiger partial charge >= 0.3 is 5.97 Å². The molecule has 0 saturated carbocycles. The Morgan fingerprint density at radius 1 is 1.43 bits per heavy atom. The Hall–Kier alpha value is -2.22. The minimum Gasteiger partial charge on any atom is -0.478 e. The Kier molecular flexibility index (Phi) is 5.15. The summed E-state index contributed by atoms with van der Waals surface area (Å²) in [5.41, 5.74) is -0.549. The van der Waals surface area contributed by atoms with Crippen LogP contribution in [0.4, 0.5) is 0 Å². The molecule has 0 aliphatic carbocycles. The van der Waals surface area contributed by atoms with Crippen molar-refractivity contribution in [2.45, 2.75) is 33.7 Å².